The first-order valence-corrected chi connectivity index (χ1v) is 19.7. The van der Waals surface area contributed by atoms with Gasteiger partial charge in [-0.25, -0.2) is 0 Å². The van der Waals surface area contributed by atoms with E-state index in [9.17, 15) is 0 Å². The second-order valence-corrected chi connectivity index (χ2v) is 15.4. The van der Waals surface area contributed by atoms with Crippen molar-refractivity contribution in [3.05, 3.63) is 182 Å². The van der Waals surface area contributed by atoms with Crippen LogP contribution in [0, 0.1) is 0 Å². The molecule has 0 amide bonds. The molecule has 0 fully saturated rings. The van der Waals surface area contributed by atoms with Gasteiger partial charge in [0.05, 0.1) is 22.1 Å². The van der Waals surface area contributed by atoms with Crippen LogP contribution in [-0.4, -0.2) is 24.5 Å². The van der Waals surface area contributed by atoms with E-state index in [0.717, 1.165) is 72.4 Å². The fourth-order valence-electron chi connectivity index (χ4n) is 9.74. The number of nitrogens with zero attached hydrogens (tertiary/aromatic N) is 5. The van der Waals surface area contributed by atoms with Gasteiger partial charge in [-0.2, -0.15) is 0 Å². The van der Waals surface area contributed by atoms with Crippen molar-refractivity contribution in [2.45, 2.75) is 6.54 Å². The molecule has 0 radical (unpaired) electrons. The number of aromatic nitrogens is 5. The number of hydrogen-bond donors (Lipinski definition) is 0. The van der Waals surface area contributed by atoms with Crippen LogP contribution in [0.25, 0.3) is 120 Å². The maximum atomic E-state index is 4.83. The highest BCUT2D eigenvalue weighted by Gasteiger charge is 2.19. The quantitative estimate of drug-likeness (QED) is 0.169. The lowest BCUT2D eigenvalue weighted by atomic mass is 9.92. The lowest BCUT2D eigenvalue weighted by molar-refractivity contribution is 0.876. The average Bonchev–Trinajstić information content (AvgIpc) is 3.59. The molecule has 0 saturated heterocycles. The van der Waals surface area contributed by atoms with Gasteiger partial charge < -0.3 is 4.57 Å². The molecule has 0 aliphatic rings. The van der Waals surface area contributed by atoms with Gasteiger partial charge in [-0.15, -0.1) is 0 Å². The summed E-state index contributed by atoms with van der Waals surface area (Å²) >= 11 is 0. The monoisotopic (exact) mass is 737 g/mol. The zero-order valence-electron chi connectivity index (χ0n) is 31.2. The van der Waals surface area contributed by atoms with Crippen LogP contribution in [0.1, 0.15) is 5.56 Å². The maximum absolute atomic E-state index is 4.83. The molecule has 0 N–H and O–H groups in total. The average molecular weight is 738 g/mol. The van der Waals surface area contributed by atoms with Crippen molar-refractivity contribution in [1.82, 2.24) is 24.5 Å². The smallest absolute Gasteiger partial charge is 0.0970 e. The number of fused-ring (bicyclic) bond motifs is 9. The lowest BCUT2D eigenvalue weighted by Gasteiger charge is -2.16. The molecule has 5 nitrogen and oxygen atoms in total. The van der Waals surface area contributed by atoms with E-state index in [4.69, 9.17) is 19.9 Å². The normalized spacial score (nSPS) is 12.2. The SMILES string of the molecule is c1cnc2c(c1)cc(-c1ccc3c(c1)c1cc(-c4cc5cccnc5c5ncccc45)ccc1n3Cc1ccc3ccc4cccc5ccc1c3c45)c1cccnc12. The molecular weight excluding hydrogens is 707 g/mol. The van der Waals surface area contributed by atoms with Gasteiger partial charge in [0, 0.05) is 74.7 Å². The molecule has 0 unspecified atom stereocenters. The predicted molar refractivity (Wildman–Crippen MR) is 241 cm³/mol. The molecule has 58 heavy (non-hydrogen) atoms. The van der Waals surface area contributed by atoms with E-state index in [-0.39, 0.29) is 0 Å². The molecule has 0 aliphatic carbocycles. The van der Waals surface area contributed by atoms with Gasteiger partial charge in [0.1, 0.15) is 0 Å². The topological polar surface area (TPSA) is 56.5 Å². The third-order valence-electron chi connectivity index (χ3n) is 12.4. The van der Waals surface area contributed by atoms with E-state index >= 15 is 0 Å². The second kappa shape index (κ2) is 11.9. The predicted octanol–water partition coefficient (Wildman–Crippen LogP) is 13.3. The minimum Gasteiger partial charge on any atom is -0.336 e. The Bertz CT molecular complexity index is 3650. The summed E-state index contributed by atoms with van der Waals surface area (Å²) in [5, 5.41) is 14.6. The molecule has 0 aliphatic heterocycles. The standard InChI is InChI=1S/C53H31N5/c1-6-31-12-13-33-14-15-38(39-19-16-32(7-1)48(31)49(33)39)30-58-46-20-17-34(42-28-36-8-2-22-54-50(36)52-40(42)10-4-24-56-52)26-44(46)45-27-35(18-21-47(45)58)43-29-37-9-3-23-55-51(37)53-41(43)11-5-25-57-53/h1-29H,30H2. The van der Waals surface area contributed by atoms with Gasteiger partial charge in [0.25, 0.3) is 0 Å². The molecule has 8 aromatic carbocycles. The van der Waals surface area contributed by atoms with Crippen LogP contribution < -0.4 is 0 Å². The van der Waals surface area contributed by atoms with Crippen LogP contribution in [0.3, 0.4) is 0 Å². The van der Waals surface area contributed by atoms with Crippen molar-refractivity contribution in [3.63, 3.8) is 0 Å². The van der Waals surface area contributed by atoms with Gasteiger partial charge in [-0.1, -0.05) is 91.0 Å². The molecule has 0 saturated carbocycles. The third kappa shape index (κ3) is 4.47. The van der Waals surface area contributed by atoms with Crippen LogP contribution in [0.2, 0.25) is 0 Å². The van der Waals surface area contributed by atoms with Crippen molar-refractivity contribution < 1.29 is 0 Å². The van der Waals surface area contributed by atoms with E-state index < -0.39 is 0 Å². The summed E-state index contributed by atoms with van der Waals surface area (Å²) in [4.78, 5) is 19.1. The largest absolute Gasteiger partial charge is 0.336 e. The molecule has 5 heteroatoms. The van der Waals surface area contributed by atoms with Crippen molar-refractivity contribution >= 4 is 97.7 Å². The molecule has 13 aromatic rings. The van der Waals surface area contributed by atoms with Crippen LogP contribution >= 0.6 is 0 Å². The van der Waals surface area contributed by atoms with E-state index in [1.807, 2.05) is 49.1 Å². The zero-order valence-corrected chi connectivity index (χ0v) is 31.2. The maximum Gasteiger partial charge on any atom is 0.0970 e. The fraction of sp³-hybridized carbons (Fsp3) is 0.0189. The summed E-state index contributed by atoms with van der Waals surface area (Å²) in [6.45, 7) is 0.732. The first-order chi connectivity index (χ1) is 28.7. The van der Waals surface area contributed by atoms with E-state index in [0.29, 0.717) is 0 Å². The van der Waals surface area contributed by atoms with E-state index in [1.54, 1.807) is 0 Å². The number of benzene rings is 8. The Labute approximate surface area is 331 Å². The van der Waals surface area contributed by atoms with Crippen molar-refractivity contribution in [3.8, 4) is 22.3 Å². The van der Waals surface area contributed by atoms with Crippen LogP contribution in [0.15, 0.2) is 176 Å². The number of rotatable bonds is 4. The Balaban J connectivity index is 1.08. The van der Waals surface area contributed by atoms with Gasteiger partial charge >= 0.3 is 0 Å². The molecule has 0 bridgehead atoms. The van der Waals surface area contributed by atoms with Gasteiger partial charge in [-0.05, 0) is 121 Å². The van der Waals surface area contributed by atoms with Crippen molar-refractivity contribution in [2.24, 2.45) is 0 Å². The molecule has 0 spiro atoms. The van der Waals surface area contributed by atoms with Crippen LogP contribution in [-0.2, 0) is 6.54 Å². The first kappa shape index (κ1) is 31.4. The first-order valence-electron chi connectivity index (χ1n) is 19.7. The van der Waals surface area contributed by atoms with E-state index in [1.165, 1.54) is 59.7 Å². The molecular formula is C53H31N5. The Hall–Kier alpha value is -7.76. The Kier molecular flexibility index (Phi) is 6.44. The minimum atomic E-state index is 0.732. The fourth-order valence-corrected chi connectivity index (χ4v) is 9.74. The van der Waals surface area contributed by atoms with Crippen molar-refractivity contribution in [2.75, 3.05) is 0 Å². The highest BCUT2D eigenvalue weighted by atomic mass is 15.0. The third-order valence-corrected chi connectivity index (χ3v) is 12.4. The molecule has 13 rings (SSSR count). The summed E-state index contributed by atoms with van der Waals surface area (Å²) in [5.74, 6) is 0. The molecule has 268 valence electrons. The Morgan fingerprint density at radius 1 is 0.345 bits per heavy atom. The zero-order chi connectivity index (χ0) is 37.9. The van der Waals surface area contributed by atoms with E-state index in [2.05, 4.69) is 132 Å². The minimum absolute atomic E-state index is 0.732. The highest BCUT2D eigenvalue weighted by Crippen LogP contribution is 2.42. The second-order valence-electron chi connectivity index (χ2n) is 15.4. The Morgan fingerprint density at radius 2 is 0.828 bits per heavy atom. The van der Waals surface area contributed by atoms with Gasteiger partial charge in [0.15, 0.2) is 0 Å². The lowest BCUT2D eigenvalue weighted by Crippen LogP contribution is -2.01. The number of pyridine rings is 4. The highest BCUT2D eigenvalue weighted by molar-refractivity contribution is 6.24. The summed E-state index contributed by atoms with van der Waals surface area (Å²) in [6, 6.07) is 55.5. The molecule has 0 atom stereocenters. The Morgan fingerprint density at radius 3 is 1.41 bits per heavy atom. The summed E-state index contributed by atoms with van der Waals surface area (Å²) in [5.41, 5.74) is 12.0. The molecule has 5 heterocycles. The van der Waals surface area contributed by atoms with Gasteiger partial charge in [-0.3, -0.25) is 19.9 Å². The number of hydrogen-bond acceptors (Lipinski definition) is 4. The summed E-state index contributed by atoms with van der Waals surface area (Å²) < 4.78 is 2.51. The summed E-state index contributed by atoms with van der Waals surface area (Å²) in [6.07, 6.45) is 7.42. The molecule has 5 aromatic heterocycles. The van der Waals surface area contributed by atoms with Crippen molar-refractivity contribution in [1.29, 1.82) is 0 Å². The van der Waals surface area contributed by atoms with Crippen LogP contribution in [0.5, 0.6) is 0 Å². The van der Waals surface area contributed by atoms with Gasteiger partial charge in [0.2, 0.25) is 0 Å². The summed E-state index contributed by atoms with van der Waals surface area (Å²) in [7, 11) is 0. The van der Waals surface area contributed by atoms with Crippen LogP contribution in [0.4, 0.5) is 0 Å².